The molecule has 11 heteroatoms. The number of carbonyl (C=O) groups excluding carboxylic acids is 2. The summed E-state index contributed by atoms with van der Waals surface area (Å²) in [6.45, 7) is 4.05. The summed E-state index contributed by atoms with van der Waals surface area (Å²) in [7, 11) is 3.64. The number of likely N-dealkylation sites (tertiary alicyclic amines) is 1. The monoisotopic (exact) mass is 562 g/mol. The Kier molecular flexibility index (Phi) is 7.99. The molecule has 1 aromatic rings. The molecular weight excluding hydrogens is 524 g/mol. The van der Waals surface area contributed by atoms with E-state index in [1.807, 2.05) is 19.2 Å². The van der Waals surface area contributed by atoms with Crippen molar-refractivity contribution in [1.82, 2.24) is 10.2 Å². The summed E-state index contributed by atoms with van der Waals surface area (Å²) in [5, 5.41) is 24.0. The number of benzene rings is 1. The number of carboxylic acids is 1. The molecule has 2 unspecified atom stereocenters. The maximum absolute atomic E-state index is 12.8. The lowest BCUT2D eigenvalue weighted by Crippen LogP contribution is -2.74. The van der Waals surface area contributed by atoms with Crippen LogP contribution < -0.4 is 14.8 Å². The molecule has 0 aromatic heterocycles. The third-order valence-corrected chi connectivity index (χ3v) is 8.89. The second-order valence-corrected chi connectivity index (χ2v) is 11.2. The maximum Gasteiger partial charge on any atom is 0.326 e. The van der Waals surface area contributed by atoms with Gasteiger partial charge >= 0.3 is 11.9 Å². The molecule has 5 atom stereocenters. The predicted molar refractivity (Wildman–Crippen MR) is 146 cm³/mol. The van der Waals surface area contributed by atoms with Gasteiger partial charge < -0.3 is 34.6 Å². The number of nitrogens with one attached hydrogen (secondary N) is 1. The van der Waals surface area contributed by atoms with E-state index in [1.165, 1.54) is 0 Å². The molecule has 0 radical (unpaired) electrons. The Balaban J connectivity index is 0.00000353. The number of carbonyl (C=O) groups is 3. The molecule has 39 heavy (non-hydrogen) atoms. The number of aliphatic hydroxyl groups is 1. The van der Waals surface area contributed by atoms with Crippen molar-refractivity contribution in [3.8, 4) is 11.5 Å². The minimum Gasteiger partial charge on any atom is -0.493 e. The molecule has 1 fully saturated rings. The second kappa shape index (κ2) is 10.7. The van der Waals surface area contributed by atoms with Crippen LogP contribution in [0, 0.1) is 5.92 Å². The number of ether oxygens (including phenoxy) is 3. The summed E-state index contributed by atoms with van der Waals surface area (Å²) in [5.74, 6) is -1.12. The number of carboxylic acid groups (broad SMARTS) is 1. The number of rotatable bonds is 9. The van der Waals surface area contributed by atoms with Gasteiger partial charge in [-0.25, -0.2) is 4.79 Å². The van der Waals surface area contributed by atoms with Crippen LogP contribution >= 0.6 is 13.5 Å². The number of aliphatic carboxylic acids is 1. The van der Waals surface area contributed by atoms with Crippen molar-refractivity contribution in [2.75, 3.05) is 27.3 Å². The van der Waals surface area contributed by atoms with Crippen LogP contribution in [0.5, 0.6) is 11.5 Å². The van der Waals surface area contributed by atoms with E-state index in [2.05, 4.69) is 16.3 Å². The van der Waals surface area contributed by atoms with E-state index in [-0.39, 0.29) is 44.9 Å². The van der Waals surface area contributed by atoms with Gasteiger partial charge in [0.25, 0.3) is 0 Å². The number of hydrogen-bond acceptors (Lipinski definition) is 8. The number of likely N-dealkylation sites (N-methyl/N-ethyl adjacent to an activating group) is 1. The van der Waals surface area contributed by atoms with Crippen molar-refractivity contribution < 1.29 is 38.8 Å². The first kappa shape index (κ1) is 29.2. The Hall–Kier alpha value is -2.76. The summed E-state index contributed by atoms with van der Waals surface area (Å²) in [5.41, 5.74) is 1.17. The predicted octanol–water partition coefficient (Wildman–Crippen LogP) is 1.68. The van der Waals surface area contributed by atoms with Gasteiger partial charge in [-0.1, -0.05) is 26.0 Å². The average molecular weight is 563 g/mol. The van der Waals surface area contributed by atoms with Crippen LogP contribution in [-0.2, 0) is 31.0 Å². The lowest BCUT2D eigenvalue weighted by molar-refractivity contribution is -0.160. The lowest BCUT2D eigenvalue weighted by atomic mass is 9.49. The molecular formula is C28H38N2O8S. The molecule has 1 amide bonds. The van der Waals surface area contributed by atoms with Crippen LogP contribution in [0.4, 0.5) is 0 Å². The molecule has 3 N–H and O–H groups in total. The standard InChI is InChI=1S/C28H36N2O8.H2S/c1-15(2)23(26(33)34)29-20(31)8-12-37-21(32)14-17-7-9-28(35)19-13-16-5-6-18(36-4)24-22(16)27(28,25(17)38-24)10-11-30(19)3;/h5-7,15,19,23,25,35H,8-14H2,1-4H3,(H,29,31)(H,33,34);1H2/t19-,23?,25?,27+,28-;/m1./s1. The zero-order valence-electron chi connectivity index (χ0n) is 22.8. The fourth-order valence-electron chi connectivity index (χ4n) is 7.01. The lowest BCUT2D eigenvalue weighted by Gasteiger charge is -2.62. The van der Waals surface area contributed by atoms with E-state index in [9.17, 15) is 24.6 Å². The molecule has 2 aliphatic carbocycles. The maximum atomic E-state index is 12.8. The van der Waals surface area contributed by atoms with Gasteiger partial charge in [-0.15, -0.1) is 0 Å². The van der Waals surface area contributed by atoms with Gasteiger partial charge in [0.1, 0.15) is 18.8 Å². The molecule has 1 spiro atoms. The van der Waals surface area contributed by atoms with Crippen LogP contribution in [-0.4, -0.2) is 84.1 Å². The number of nitrogens with zero attached hydrogens (tertiary/aromatic N) is 1. The van der Waals surface area contributed by atoms with E-state index < -0.39 is 41.0 Å². The molecule has 2 bridgehead atoms. The van der Waals surface area contributed by atoms with Crippen LogP contribution in [0.2, 0.25) is 0 Å². The van der Waals surface area contributed by atoms with Crippen molar-refractivity contribution in [3.05, 3.63) is 34.9 Å². The van der Waals surface area contributed by atoms with Gasteiger partial charge in [0, 0.05) is 11.6 Å². The first-order valence-electron chi connectivity index (χ1n) is 13.2. The molecule has 2 aliphatic heterocycles. The van der Waals surface area contributed by atoms with E-state index in [1.54, 1.807) is 21.0 Å². The molecule has 0 saturated carbocycles. The quantitative estimate of drug-likeness (QED) is 0.304. The van der Waals surface area contributed by atoms with Crippen molar-refractivity contribution in [2.24, 2.45) is 5.92 Å². The minimum absolute atomic E-state index is 0. The van der Waals surface area contributed by atoms with E-state index in [0.29, 0.717) is 30.8 Å². The zero-order chi connectivity index (χ0) is 27.4. The van der Waals surface area contributed by atoms with Gasteiger partial charge in [-0.3, -0.25) is 9.59 Å². The number of piperidine rings is 1. The number of amides is 1. The third kappa shape index (κ3) is 4.48. The summed E-state index contributed by atoms with van der Waals surface area (Å²) in [6, 6.07) is 2.89. The van der Waals surface area contributed by atoms with Crippen LogP contribution in [0.3, 0.4) is 0 Å². The highest BCUT2D eigenvalue weighted by Crippen LogP contribution is 2.65. The number of esters is 1. The summed E-state index contributed by atoms with van der Waals surface area (Å²) in [4.78, 5) is 38.6. The second-order valence-electron chi connectivity index (χ2n) is 11.2. The van der Waals surface area contributed by atoms with Gasteiger partial charge in [-0.2, -0.15) is 13.5 Å². The van der Waals surface area contributed by atoms with E-state index >= 15 is 0 Å². The Morgan fingerprint density at radius 1 is 1.28 bits per heavy atom. The van der Waals surface area contributed by atoms with Crippen LogP contribution in [0.25, 0.3) is 0 Å². The molecule has 214 valence electrons. The molecule has 1 saturated heterocycles. The zero-order valence-corrected chi connectivity index (χ0v) is 23.8. The molecule has 1 aromatic carbocycles. The first-order valence-corrected chi connectivity index (χ1v) is 13.2. The Bertz CT molecular complexity index is 1200. The molecule has 10 nitrogen and oxygen atoms in total. The average Bonchev–Trinajstić information content (AvgIpc) is 3.22. The van der Waals surface area contributed by atoms with Crippen molar-refractivity contribution in [1.29, 1.82) is 0 Å². The molecule has 4 aliphatic rings. The van der Waals surface area contributed by atoms with Gasteiger partial charge in [0.05, 0.1) is 31.0 Å². The summed E-state index contributed by atoms with van der Waals surface area (Å²) in [6.07, 6.45) is 3.01. The van der Waals surface area contributed by atoms with E-state index in [0.717, 1.165) is 23.2 Å². The van der Waals surface area contributed by atoms with Crippen molar-refractivity contribution in [2.45, 2.75) is 75.2 Å². The van der Waals surface area contributed by atoms with Crippen LogP contribution in [0.15, 0.2) is 23.8 Å². The minimum atomic E-state index is -1.11. The highest BCUT2D eigenvalue weighted by Gasteiger charge is 2.71. The highest BCUT2D eigenvalue weighted by atomic mass is 32.1. The fraction of sp³-hybridized carbons (Fsp3) is 0.607. The largest absolute Gasteiger partial charge is 0.493 e. The summed E-state index contributed by atoms with van der Waals surface area (Å²) < 4.78 is 17.5. The molecule has 2 heterocycles. The molecule has 5 rings (SSSR count). The Morgan fingerprint density at radius 3 is 2.69 bits per heavy atom. The van der Waals surface area contributed by atoms with E-state index in [4.69, 9.17) is 14.2 Å². The number of hydrogen-bond donors (Lipinski definition) is 3. The number of methoxy groups -OCH3 is 1. The van der Waals surface area contributed by atoms with Crippen molar-refractivity contribution >= 4 is 31.3 Å². The first-order chi connectivity index (χ1) is 18.0. The van der Waals surface area contributed by atoms with Crippen molar-refractivity contribution in [3.63, 3.8) is 0 Å². The highest BCUT2D eigenvalue weighted by molar-refractivity contribution is 7.59. The summed E-state index contributed by atoms with van der Waals surface area (Å²) >= 11 is 0. The van der Waals surface area contributed by atoms with Gasteiger partial charge in [-0.05, 0) is 56.0 Å². The fourth-order valence-corrected chi connectivity index (χ4v) is 7.01. The normalized spacial score (nSPS) is 28.8. The van der Waals surface area contributed by atoms with Gasteiger partial charge in [0.2, 0.25) is 5.91 Å². The third-order valence-electron chi connectivity index (χ3n) is 8.89. The van der Waals surface area contributed by atoms with Gasteiger partial charge in [0.15, 0.2) is 11.5 Å². The SMILES string of the molecule is COc1ccc2c3c1OC1C(CC(=O)OCCC(=O)NC(C(=O)O)C(C)C)=CC[C@@]4(O)[C@@H](C2)N(C)CC[C@]314.S. The Labute approximate surface area is 235 Å². The smallest absolute Gasteiger partial charge is 0.326 e. The topological polar surface area (TPSA) is 135 Å². The Morgan fingerprint density at radius 2 is 2.03 bits per heavy atom. The van der Waals surface area contributed by atoms with Crippen LogP contribution in [0.1, 0.15) is 50.7 Å².